The van der Waals surface area contributed by atoms with Crippen LogP contribution in [0, 0.1) is 19.3 Å². The van der Waals surface area contributed by atoms with Crippen LogP contribution >= 0.6 is 0 Å². The Morgan fingerprint density at radius 2 is 1.95 bits per heavy atom. The molecule has 0 atom stereocenters. The molecule has 0 spiro atoms. The van der Waals surface area contributed by atoms with E-state index in [2.05, 4.69) is 10.1 Å². The fourth-order valence-electron chi connectivity index (χ4n) is 2.38. The van der Waals surface area contributed by atoms with Crippen LogP contribution in [-0.2, 0) is 0 Å². The highest BCUT2D eigenvalue weighted by atomic mass is 16.5. The Bertz CT molecular complexity index is 826. The Morgan fingerprint density at radius 1 is 1.27 bits per heavy atom. The molecule has 7 nitrogen and oxygen atoms in total. The summed E-state index contributed by atoms with van der Waals surface area (Å²) in [5, 5.41) is 21.1. The molecule has 0 aliphatic heterocycles. The molecule has 0 fully saturated rings. The van der Waals surface area contributed by atoms with Gasteiger partial charge in [0.1, 0.15) is 34.5 Å². The van der Waals surface area contributed by atoms with Gasteiger partial charge in [0, 0.05) is 5.56 Å². The summed E-state index contributed by atoms with van der Waals surface area (Å²) in [5.74, 6) is 1.28. The number of aryl methyl sites for hydroxylation is 2. The lowest BCUT2D eigenvalue weighted by molar-refractivity contribution is 0.393. The zero-order chi connectivity index (χ0) is 15.9. The minimum Gasteiger partial charge on any atom is -0.508 e. The molecule has 22 heavy (non-hydrogen) atoms. The van der Waals surface area contributed by atoms with Crippen molar-refractivity contribution in [3.63, 3.8) is 0 Å². The number of aromatic hydroxyl groups is 1. The number of rotatable bonds is 3. The first-order chi connectivity index (χ1) is 10.5. The van der Waals surface area contributed by atoms with Crippen LogP contribution in [0.25, 0.3) is 17.1 Å². The summed E-state index contributed by atoms with van der Waals surface area (Å²) >= 11 is 0. The average Bonchev–Trinajstić information content (AvgIpc) is 3.03. The van der Waals surface area contributed by atoms with Gasteiger partial charge in [-0.3, -0.25) is 9.98 Å². The summed E-state index contributed by atoms with van der Waals surface area (Å²) in [4.78, 5) is 4.37. The van der Waals surface area contributed by atoms with Gasteiger partial charge >= 0.3 is 0 Å². The molecule has 2 heterocycles. The molecule has 3 rings (SSSR count). The third-order valence-corrected chi connectivity index (χ3v) is 3.38. The third-order valence-electron chi connectivity index (χ3n) is 3.38. The van der Waals surface area contributed by atoms with Gasteiger partial charge < -0.3 is 15.4 Å². The van der Waals surface area contributed by atoms with E-state index in [1.165, 1.54) is 6.20 Å². The SMILES string of the molecule is Cc1noc(C)c1-n1c(C(=N)N)cnc1-c1ccc(O)cc1. The van der Waals surface area contributed by atoms with Crippen LogP contribution in [0.15, 0.2) is 35.0 Å². The van der Waals surface area contributed by atoms with Crippen LogP contribution in [0.1, 0.15) is 17.1 Å². The summed E-state index contributed by atoms with van der Waals surface area (Å²) in [6, 6.07) is 6.65. The largest absolute Gasteiger partial charge is 0.508 e. The summed E-state index contributed by atoms with van der Waals surface area (Å²) in [6.45, 7) is 3.61. The molecule has 0 amide bonds. The molecule has 0 radical (unpaired) electrons. The van der Waals surface area contributed by atoms with Gasteiger partial charge in [0.15, 0.2) is 5.76 Å². The number of phenolic OH excluding ortho intramolecular Hbond substituents is 1. The van der Waals surface area contributed by atoms with E-state index >= 15 is 0 Å². The molecule has 112 valence electrons. The molecule has 7 heteroatoms. The smallest absolute Gasteiger partial charge is 0.157 e. The van der Waals surface area contributed by atoms with Crippen molar-refractivity contribution < 1.29 is 9.63 Å². The monoisotopic (exact) mass is 297 g/mol. The molecule has 4 N–H and O–H groups in total. The van der Waals surface area contributed by atoms with Gasteiger partial charge in [0.25, 0.3) is 0 Å². The number of nitrogens with two attached hydrogens (primary N) is 1. The Hall–Kier alpha value is -3.09. The molecule has 0 aliphatic carbocycles. The second-order valence-electron chi connectivity index (χ2n) is 4.94. The molecule has 1 aromatic carbocycles. The lowest BCUT2D eigenvalue weighted by Crippen LogP contribution is -2.17. The molecule has 0 unspecified atom stereocenters. The lowest BCUT2D eigenvalue weighted by atomic mass is 10.2. The maximum atomic E-state index is 9.43. The summed E-state index contributed by atoms with van der Waals surface area (Å²) in [5.41, 5.74) is 8.30. The van der Waals surface area contributed by atoms with Crippen molar-refractivity contribution in [3.05, 3.63) is 47.6 Å². The van der Waals surface area contributed by atoms with Crippen LogP contribution < -0.4 is 5.73 Å². The summed E-state index contributed by atoms with van der Waals surface area (Å²) in [6.07, 6.45) is 1.54. The van der Waals surface area contributed by atoms with Gasteiger partial charge in [0.05, 0.1) is 6.20 Å². The van der Waals surface area contributed by atoms with Crippen molar-refractivity contribution in [2.24, 2.45) is 5.73 Å². The number of nitrogens with one attached hydrogen (secondary N) is 1. The van der Waals surface area contributed by atoms with Crippen molar-refractivity contribution in [2.45, 2.75) is 13.8 Å². The van der Waals surface area contributed by atoms with Crippen LogP contribution in [0.2, 0.25) is 0 Å². The highest BCUT2D eigenvalue weighted by molar-refractivity contribution is 5.94. The number of hydrogen-bond donors (Lipinski definition) is 3. The van der Waals surface area contributed by atoms with E-state index < -0.39 is 0 Å². The molecule has 3 aromatic rings. The molecule has 0 bridgehead atoms. The van der Waals surface area contributed by atoms with Gasteiger partial charge in [0.2, 0.25) is 0 Å². The molecule has 0 saturated carbocycles. The Balaban J connectivity index is 2.29. The van der Waals surface area contributed by atoms with Gasteiger partial charge in [-0.2, -0.15) is 0 Å². The number of imidazole rings is 1. The highest BCUT2D eigenvalue weighted by Crippen LogP contribution is 2.28. The predicted molar refractivity (Wildman–Crippen MR) is 81.2 cm³/mol. The van der Waals surface area contributed by atoms with Crippen molar-refractivity contribution in [1.82, 2.24) is 14.7 Å². The van der Waals surface area contributed by atoms with Crippen LogP contribution in [0.5, 0.6) is 5.75 Å². The highest BCUT2D eigenvalue weighted by Gasteiger charge is 2.21. The number of phenols is 1. The third kappa shape index (κ3) is 2.12. The van der Waals surface area contributed by atoms with Gasteiger partial charge in [-0.15, -0.1) is 0 Å². The first-order valence-corrected chi connectivity index (χ1v) is 6.64. The first-order valence-electron chi connectivity index (χ1n) is 6.64. The van der Waals surface area contributed by atoms with E-state index in [0.29, 0.717) is 28.7 Å². The second kappa shape index (κ2) is 5.03. The normalized spacial score (nSPS) is 10.8. The van der Waals surface area contributed by atoms with Gasteiger partial charge in [-0.1, -0.05) is 5.16 Å². The minimum atomic E-state index is -0.0995. The molecule has 2 aromatic heterocycles. The topological polar surface area (TPSA) is 114 Å². The maximum absolute atomic E-state index is 9.43. The zero-order valence-corrected chi connectivity index (χ0v) is 12.2. The van der Waals surface area contributed by atoms with Crippen LogP contribution in [0.3, 0.4) is 0 Å². The number of benzene rings is 1. The fourth-order valence-corrected chi connectivity index (χ4v) is 2.38. The van der Waals surface area contributed by atoms with E-state index in [1.54, 1.807) is 35.8 Å². The quantitative estimate of drug-likeness (QED) is 0.506. The molecule has 0 aliphatic rings. The van der Waals surface area contributed by atoms with E-state index in [4.69, 9.17) is 15.7 Å². The summed E-state index contributed by atoms with van der Waals surface area (Å²) < 4.78 is 6.96. The standard InChI is InChI=1S/C15H15N5O2/c1-8-13(9(2)22-19-8)20-12(14(16)17)7-18-15(20)10-3-5-11(21)6-4-10/h3-7,21H,1-2H3,(H3,16,17). The van der Waals surface area contributed by atoms with Crippen LogP contribution in [0.4, 0.5) is 0 Å². The van der Waals surface area contributed by atoms with E-state index in [0.717, 1.165) is 5.56 Å². The van der Waals surface area contributed by atoms with Gasteiger partial charge in [-0.05, 0) is 38.1 Å². The van der Waals surface area contributed by atoms with Gasteiger partial charge in [-0.25, -0.2) is 4.98 Å². The van der Waals surface area contributed by atoms with Crippen molar-refractivity contribution >= 4 is 5.84 Å². The van der Waals surface area contributed by atoms with Crippen molar-refractivity contribution in [1.29, 1.82) is 5.41 Å². The second-order valence-corrected chi connectivity index (χ2v) is 4.94. The number of hydrogen-bond acceptors (Lipinski definition) is 5. The number of nitrogen functional groups attached to an aromatic ring is 1. The number of amidine groups is 1. The van der Waals surface area contributed by atoms with E-state index in [9.17, 15) is 5.11 Å². The molecule has 0 saturated heterocycles. The predicted octanol–water partition coefficient (Wildman–Crippen LogP) is 2.13. The zero-order valence-electron chi connectivity index (χ0n) is 12.2. The number of aromatic nitrogens is 3. The van der Waals surface area contributed by atoms with Crippen LogP contribution in [-0.4, -0.2) is 25.6 Å². The Kier molecular flexibility index (Phi) is 3.17. The Labute approximate surface area is 126 Å². The van der Waals surface area contributed by atoms with E-state index in [1.807, 2.05) is 6.92 Å². The Morgan fingerprint density at radius 3 is 2.50 bits per heavy atom. The lowest BCUT2D eigenvalue weighted by Gasteiger charge is -2.11. The molecular formula is C15H15N5O2. The first kappa shape index (κ1) is 13.9. The molecular weight excluding hydrogens is 282 g/mol. The fraction of sp³-hybridized carbons (Fsp3) is 0.133. The van der Waals surface area contributed by atoms with Crippen molar-refractivity contribution in [2.75, 3.05) is 0 Å². The van der Waals surface area contributed by atoms with E-state index in [-0.39, 0.29) is 11.6 Å². The maximum Gasteiger partial charge on any atom is 0.157 e. The average molecular weight is 297 g/mol. The minimum absolute atomic E-state index is 0.0995. The number of nitrogens with zero attached hydrogens (tertiary/aromatic N) is 3. The van der Waals surface area contributed by atoms with Crippen molar-refractivity contribution in [3.8, 4) is 22.8 Å². The summed E-state index contributed by atoms with van der Waals surface area (Å²) in [7, 11) is 0.